The van der Waals surface area contributed by atoms with Gasteiger partial charge in [0.25, 0.3) is 0 Å². The van der Waals surface area contributed by atoms with Crippen LogP contribution in [0.25, 0.3) is 0 Å². The van der Waals surface area contributed by atoms with Crippen molar-refractivity contribution in [3.05, 3.63) is 11.9 Å². The predicted octanol–water partition coefficient (Wildman–Crippen LogP) is 1.72. The summed E-state index contributed by atoms with van der Waals surface area (Å²) in [6.45, 7) is 7.25. The van der Waals surface area contributed by atoms with Gasteiger partial charge in [0, 0.05) is 12.1 Å². The van der Waals surface area contributed by atoms with Crippen molar-refractivity contribution in [1.29, 1.82) is 0 Å². The summed E-state index contributed by atoms with van der Waals surface area (Å²) in [5.41, 5.74) is 5.48. The molecular weight excluding hydrogens is 216 g/mol. The van der Waals surface area contributed by atoms with E-state index in [4.69, 9.17) is 10.5 Å². The van der Waals surface area contributed by atoms with Gasteiger partial charge in [0.1, 0.15) is 11.6 Å². The number of nitrogens with two attached hydrogens (primary N) is 1. The Morgan fingerprint density at radius 2 is 2.24 bits per heavy atom. The van der Waals surface area contributed by atoms with Crippen molar-refractivity contribution in [2.24, 2.45) is 5.73 Å². The van der Waals surface area contributed by atoms with E-state index in [9.17, 15) is 0 Å². The fourth-order valence-electron chi connectivity index (χ4n) is 1.58. The van der Waals surface area contributed by atoms with E-state index in [-0.39, 0.29) is 0 Å². The summed E-state index contributed by atoms with van der Waals surface area (Å²) in [4.78, 5) is 8.53. The van der Waals surface area contributed by atoms with Crippen molar-refractivity contribution in [2.45, 2.75) is 39.7 Å². The van der Waals surface area contributed by atoms with Gasteiger partial charge in [0.05, 0.1) is 6.61 Å². The first kappa shape index (κ1) is 13.7. The first-order valence-corrected chi connectivity index (χ1v) is 6.10. The van der Waals surface area contributed by atoms with E-state index in [1.54, 1.807) is 0 Å². The van der Waals surface area contributed by atoms with Crippen LogP contribution in [0.3, 0.4) is 0 Å². The highest BCUT2D eigenvalue weighted by atomic mass is 16.5. The van der Waals surface area contributed by atoms with Gasteiger partial charge < -0.3 is 15.8 Å². The molecule has 0 fully saturated rings. The Kier molecular flexibility index (Phi) is 5.69. The highest BCUT2D eigenvalue weighted by Gasteiger charge is 2.06. The largest absolute Gasteiger partial charge is 0.478 e. The average molecular weight is 238 g/mol. The number of anilines is 1. The van der Waals surface area contributed by atoms with Crippen molar-refractivity contribution in [2.75, 3.05) is 18.5 Å². The first-order valence-electron chi connectivity index (χ1n) is 6.10. The molecule has 0 aromatic carbocycles. The fraction of sp³-hybridized carbons (Fsp3) is 0.667. The standard InChI is InChI=1S/C12H22N4O/c1-4-17-12-8-11(15-10(3)16-12)14-9(2)6-5-7-13/h8-9H,4-7,13H2,1-3H3,(H,14,15,16). The molecule has 1 atom stereocenters. The Morgan fingerprint density at radius 3 is 2.88 bits per heavy atom. The van der Waals surface area contributed by atoms with Crippen molar-refractivity contribution >= 4 is 5.82 Å². The molecule has 3 N–H and O–H groups in total. The Balaban J connectivity index is 2.63. The number of hydrogen-bond acceptors (Lipinski definition) is 5. The van der Waals surface area contributed by atoms with Gasteiger partial charge in [-0.25, -0.2) is 4.98 Å². The monoisotopic (exact) mass is 238 g/mol. The van der Waals surface area contributed by atoms with Gasteiger partial charge in [0.2, 0.25) is 5.88 Å². The third kappa shape index (κ3) is 4.99. The molecule has 5 nitrogen and oxygen atoms in total. The summed E-state index contributed by atoms with van der Waals surface area (Å²) in [6, 6.07) is 2.18. The number of aryl methyl sites for hydroxylation is 1. The van der Waals surface area contributed by atoms with Crippen LogP contribution in [0.1, 0.15) is 32.5 Å². The van der Waals surface area contributed by atoms with Crippen molar-refractivity contribution in [1.82, 2.24) is 9.97 Å². The zero-order valence-corrected chi connectivity index (χ0v) is 10.9. The van der Waals surface area contributed by atoms with E-state index in [2.05, 4.69) is 22.2 Å². The summed E-state index contributed by atoms with van der Waals surface area (Å²) in [5, 5.41) is 3.33. The number of nitrogens with one attached hydrogen (secondary N) is 1. The normalized spacial score (nSPS) is 12.2. The van der Waals surface area contributed by atoms with E-state index >= 15 is 0 Å². The SMILES string of the molecule is CCOc1cc(NC(C)CCCN)nc(C)n1. The molecule has 1 heterocycles. The van der Waals surface area contributed by atoms with Gasteiger partial charge in [0.15, 0.2) is 0 Å². The molecule has 0 spiro atoms. The molecule has 96 valence electrons. The number of hydrogen-bond donors (Lipinski definition) is 2. The molecule has 0 bridgehead atoms. The molecule has 1 aromatic heterocycles. The Hall–Kier alpha value is -1.36. The zero-order chi connectivity index (χ0) is 12.7. The van der Waals surface area contributed by atoms with Crippen LogP contribution in [0.15, 0.2) is 6.07 Å². The number of aromatic nitrogens is 2. The highest BCUT2D eigenvalue weighted by Crippen LogP contribution is 2.15. The van der Waals surface area contributed by atoms with Gasteiger partial charge >= 0.3 is 0 Å². The zero-order valence-electron chi connectivity index (χ0n) is 10.9. The van der Waals surface area contributed by atoms with Crippen LogP contribution >= 0.6 is 0 Å². The lowest BCUT2D eigenvalue weighted by Gasteiger charge is -2.14. The third-order valence-corrected chi connectivity index (χ3v) is 2.34. The summed E-state index contributed by atoms with van der Waals surface area (Å²) in [6.07, 6.45) is 2.04. The lowest BCUT2D eigenvalue weighted by molar-refractivity contribution is 0.325. The summed E-state index contributed by atoms with van der Waals surface area (Å²) in [7, 11) is 0. The lowest BCUT2D eigenvalue weighted by Crippen LogP contribution is -2.18. The van der Waals surface area contributed by atoms with E-state index in [1.165, 1.54) is 0 Å². The van der Waals surface area contributed by atoms with Gasteiger partial charge in [-0.1, -0.05) is 0 Å². The fourth-order valence-corrected chi connectivity index (χ4v) is 1.58. The van der Waals surface area contributed by atoms with E-state index in [1.807, 2.05) is 19.9 Å². The second-order valence-corrected chi connectivity index (χ2v) is 4.05. The predicted molar refractivity (Wildman–Crippen MR) is 69.3 cm³/mol. The second-order valence-electron chi connectivity index (χ2n) is 4.05. The molecule has 1 unspecified atom stereocenters. The van der Waals surface area contributed by atoms with Gasteiger partial charge in [-0.2, -0.15) is 4.98 Å². The molecule has 0 radical (unpaired) electrons. The van der Waals surface area contributed by atoms with Crippen LogP contribution in [-0.2, 0) is 0 Å². The number of nitrogens with zero attached hydrogens (tertiary/aromatic N) is 2. The van der Waals surface area contributed by atoms with Gasteiger partial charge in [-0.3, -0.25) is 0 Å². The van der Waals surface area contributed by atoms with E-state index in [0.717, 1.165) is 25.2 Å². The topological polar surface area (TPSA) is 73.1 Å². The Morgan fingerprint density at radius 1 is 1.47 bits per heavy atom. The quantitative estimate of drug-likeness (QED) is 0.756. The molecule has 17 heavy (non-hydrogen) atoms. The van der Waals surface area contributed by atoms with Crippen LogP contribution < -0.4 is 15.8 Å². The van der Waals surface area contributed by atoms with Gasteiger partial charge in [-0.05, 0) is 40.2 Å². The maximum absolute atomic E-state index is 5.48. The van der Waals surface area contributed by atoms with Gasteiger partial charge in [-0.15, -0.1) is 0 Å². The number of rotatable bonds is 7. The van der Waals surface area contributed by atoms with Crippen LogP contribution in [0.4, 0.5) is 5.82 Å². The maximum atomic E-state index is 5.48. The van der Waals surface area contributed by atoms with Crippen molar-refractivity contribution in [3.63, 3.8) is 0 Å². The molecule has 0 aliphatic heterocycles. The van der Waals surface area contributed by atoms with Crippen LogP contribution in [-0.4, -0.2) is 29.2 Å². The summed E-state index contributed by atoms with van der Waals surface area (Å²) in [5.74, 6) is 2.14. The van der Waals surface area contributed by atoms with Crippen LogP contribution in [0.2, 0.25) is 0 Å². The molecule has 5 heteroatoms. The average Bonchev–Trinajstić information content (AvgIpc) is 2.26. The minimum Gasteiger partial charge on any atom is -0.478 e. The molecule has 0 saturated heterocycles. The number of ether oxygens (including phenoxy) is 1. The van der Waals surface area contributed by atoms with Crippen LogP contribution in [0.5, 0.6) is 5.88 Å². The third-order valence-electron chi connectivity index (χ3n) is 2.34. The Labute approximate surface area is 103 Å². The molecule has 0 aliphatic rings. The minimum absolute atomic E-state index is 0.349. The molecule has 1 rings (SSSR count). The highest BCUT2D eigenvalue weighted by molar-refractivity contribution is 5.39. The molecule has 0 amide bonds. The maximum Gasteiger partial charge on any atom is 0.218 e. The molecule has 0 aliphatic carbocycles. The molecular formula is C12H22N4O. The molecule has 1 aromatic rings. The second kappa shape index (κ2) is 7.06. The smallest absolute Gasteiger partial charge is 0.218 e. The minimum atomic E-state index is 0.349. The summed E-state index contributed by atoms with van der Waals surface area (Å²) >= 11 is 0. The van der Waals surface area contributed by atoms with Crippen molar-refractivity contribution in [3.8, 4) is 5.88 Å². The van der Waals surface area contributed by atoms with Crippen molar-refractivity contribution < 1.29 is 4.74 Å². The Bertz CT molecular complexity index is 343. The van der Waals surface area contributed by atoms with E-state index in [0.29, 0.717) is 24.4 Å². The van der Waals surface area contributed by atoms with E-state index < -0.39 is 0 Å². The molecule has 0 saturated carbocycles. The first-order chi connectivity index (χ1) is 8.15. The van der Waals surface area contributed by atoms with Crippen LogP contribution in [0, 0.1) is 6.92 Å². The lowest BCUT2D eigenvalue weighted by atomic mass is 10.2. The summed E-state index contributed by atoms with van der Waals surface area (Å²) < 4.78 is 5.38.